The van der Waals surface area contributed by atoms with Crippen LogP contribution < -0.4 is 5.32 Å². The van der Waals surface area contributed by atoms with Crippen LogP contribution in [0.5, 0.6) is 0 Å². The van der Waals surface area contributed by atoms with E-state index in [1.165, 1.54) is 43.2 Å². The highest BCUT2D eigenvalue weighted by Crippen LogP contribution is 2.23. The van der Waals surface area contributed by atoms with E-state index in [0.717, 1.165) is 13.2 Å². The Morgan fingerprint density at radius 2 is 1.67 bits per heavy atom. The molecule has 0 radical (unpaired) electrons. The van der Waals surface area contributed by atoms with E-state index in [1.807, 2.05) is 0 Å². The van der Waals surface area contributed by atoms with Crippen molar-refractivity contribution in [3.05, 3.63) is 35.4 Å². The van der Waals surface area contributed by atoms with Crippen LogP contribution in [0.3, 0.4) is 0 Å². The van der Waals surface area contributed by atoms with Crippen molar-refractivity contribution in [2.24, 2.45) is 0 Å². The molecule has 1 fully saturated rings. The van der Waals surface area contributed by atoms with Crippen LogP contribution in [0.15, 0.2) is 24.3 Å². The van der Waals surface area contributed by atoms with Crippen LogP contribution in [0.25, 0.3) is 0 Å². The minimum Gasteiger partial charge on any atom is -0.376 e. The molecule has 0 aliphatic heterocycles. The van der Waals surface area contributed by atoms with Gasteiger partial charge < -0.3 is 10.1 Å². The molecular formula is C19H31NO. The molecule has 1 aromatic rings. The van der Waals surface area contributed by atoms with Crippen molar-refractivity contribution in [3.63, 3.8) is 0 Å². The zero-order valence-corrected chi connectivity index (χ0v) is 13.9. The van der Waals surface area contributed by atoms with Gasteiger partial charge in [-0.15, -0.1) is 0 Å². The maximum Gasteiger partial charge on any atom is 0.0665 e. The van der Waals surface area contributed by atoms with Crippen molar-refractivity contribution in [2.45, 2.75) is 70.9 Å². The number of hydrogen-bond acceptors (Lipinski definition) is 2. The Morgan fingerprint density at radius 3 is 2.24 bits per heavy atom. The fourth-order valence-corrected chi connectivity index (χ4v) is 3.10. The lowest BCUT2D eigenvalue weighted by atomic mass is 9.97. The number of ether oxygens (including phenoxy) is 1. The molecule has 0 spiro atoms. The third-order valence-electron chi connectivity index (χ3n) is 4.51. The second-order valence-corrected chi connectivity index (χ2v) is 6.52. The zero-order valence-electron chi connectivity index (χ0n) is 13.9. The van der Waals surface area contributed by atoms with Crippen LogP contribution in [-0.4, -0.2) is 19.3 Å². The molecule has 1 atom stereocenters. The second kappa shape index (κ2) is 8.55. The fraction of sp³-hybridized carbons (Fsp3) is 0.684. The first-order valence-corrected chi connectivity index (χ1v) is 8.65. The van der Waals surface area contributed by atoms with Gasteiger partial charge in [0.2, 0.25) is 0 Å². The van der Waals surface area contributed by atoms with Gasteiger partial charge in [0.15, 0.2) is 0 Å². The normalized spacial score (nSPS) is 18.1. The van der Waals surface area contributed by atoms with Gasteiger partial charge in [0.25, 0.3) is 0 Å². The Kier molecular flexibility index (Phi) is 6.72. The molecule has 1 aliphatic rings. The summed E-state index contributed by atoms with van der Waals surface area (Å²) >= 11 is 0. The van der Waals surface area contributed by atoms with Gasteiger partial charge in [-0.25, -0.2) is 0 Å². The van der Waals surface area contributed by atoms with Crippen LogP contribution in [0, 0.1) is 0 Å². The molecule has 1 unspecified atom stereocenters. The lowest BCUT2D eigenvalue weighted by Crippen LogP contribution is -2.28. The lowest BCUT2D eigenvalue weighted by molar-refractivity contribution is 0.0158. The predicted octanol–water partition coefficient (Wildman–Crippen LogP) is 4.81. The van der Waals surface area contributed by atoms with Gasteiger partial charge >= 0.3 is 0 Å². The van der Waals surface area contributed by atoms with Crippen LogP contribution in [0.1, 0.15) is 76.0 Å². The molecular weight excluding hydrogens is 258 g/mol. The molecule has 1 N–H and O–H groups in total. The lowest BCUT2D eigenvalue weighted by Gasteiger charge is -2.26. The largest absolute Gasteiger partial charge is 0.376 e. The maximum atomic E-state index is 6.17. The molecule has 1 aromatic carbocycles. The molecule has 0 bridgehead atoms. The monoisotopic (exact) mass is 289 g/mol. The van der Waals surface area contributed by atoms with E-state index in [-0.39, 0.29) is 0 Å². The minimum absolute atomic E-state index is 0.318. The van der Waals surface area contributed by atoms with Crippen molar-refractivity contribution in [1.29, 1.82) is 0 Å². The van der Waals surface area contributed by atoms with Crippen molar-refractivity contribution in [1.82, 2.24) is 5.32 Å². The third kappa shape index (κ3) is 5.12. The van der Waals surface area contributed by atoms with Crippen LogP contribution in [0.4, 0.5) is 0 Å². The van der Waals surface area contributed by atoms with Crippen molar-refractivity contribution in [3.8, 4) is 0 Å². The summed E-state index contributed by atoms with van der Waals surface area (Å²) in [5.74, 6) is 0.593. The Balaban J connectivity index is 1.93. The molecule has 1 aliphatic carbocycles. The first-order chi connectivity index (χ1) is 10.2. The second-order valence-electron chi connectivity index (χ2n) is 6.52. The average Bonchev–Trinajstić information content (AvgIpc) is 2.52. The van der Waals surface area contributed by atoms with Crippen molar-refractivity contribution >= 4 is 0 Å². The van der Waals surface area contributed by atoms with E-state index in [4.69, 9.17) is 4.74 Å². The van der Waals surface area contributed by atoms with Crippen molar-refractivity contribution in [2.75, 3.05) is 13.2 Å². The van der Waals surface area contributed by atoms with E-state index in [1.54, 1.807) is 0 Å². The molecule has 2 rings (SSSR count). The maximum absolute atomic E-state index is 6.17. The Hall–Kier alpha value is -0.860. The molecule has 21 heavy (non-hydrogen) atoms. The summed E-state index contributed by atoms with van der Waals surface area (Å²) in [4.78, 5) is 0. The van der Waals surface area contributed by atoms with Gasteiger partial charge in [-0.2, -0.15) is 0 Å². The smallest absolute Gasteiger partial charge is 0.0665 e. The van der Waals surface area contributed by atoms with E-state index in [0.29, 0.717) is 18.1 Å². The van der Waals surface area contributed by atoms with Gasteiger partial charge in [0, 0.05) is 0 Å². The summed E-state index contributed by atoms with van der Waals surface area (Å²) in [5.41, 5.74) is 2.75. The average molecular weight is 289 g/mol. The topological polar surface area (TPSA) is 21.3 Å². The van der Waals surface area contributed by atoms with E-state index in [2.05, 4.69) is 50.4 Å². The summed E-state index contributed by atoms with van der Waals surface area (Å²) in [7, 11) is 0. The van der Waals surface area contributed by atoms with E-state index < -0.39 is 0 Å². The standard InChI is InChI=1S/C19H31NO/c1-4-20-19(14-21-18-8-6-5-7-9-18)17-12-10-16(11-13-17)15(2)3/h10-13,15,18-20H,4-9,14H2,1-3H3. The molecule has 2 heteroatoms. The number of hydrogen-bond donors (Lipinski definition) is 1. The molecule has 0 heterocycles. The van der Waals surface area contributed by atoms with E-state index in [9.17, 15) is 0 Å². The molecule has 0 saturated heterocycles. The highest BCUT2D eigenvalue weighted by molar-refractivity contribution is 5.27. The Bertz CT molecular complexity index is 393. The summed E-state index contributed by atoms with van der Waals surface area (Å²) in [6.07, 6.45) is 7.01. The molecule has 1 saturated carbocycles. The number of benzene rings is 1. The number of rotatable bonds is 7. The molecule has 118 valence electrons. The first-order valence-electron chi connectivity index (χ1n) is 8.65. The third-order valence-corrected chi connectivity index (χ3v) is 4.51. The van der Waals surface area contributed by atoms with Gasteiger partial charge in [0.1, 0.15) is 0 Å². The van der Waals surface area contributed by atoms with Gasteiger partial charge in [0.05, 0.1) is 18.8 Å². The predicted molar refractivity (Wildman–Crippen MR) is 89.8 cm³/mol. The van der Waals surface area contributed by atoms with Crippen molar-refractivity contribution < 1.29 is 4.74 Å². The van der Waals surface area contributed by atoms with E-state index >= 15 is 0 Å². The summed E-state index contributed by atoms with van der Waals surface area (Å²) in [6.45, 7) is 8.41. The first kappa shape index (κ1) is 16.5. The highest BCUT2D eigenvalue weighted by atomic mass is 16.5. The molecule has 0 aromatic heterocycles. The van der Waals surface area contributed by atoms with Crippen LogP contribution >= 0.6 is 0 Å². The Labute approximate surface area is 130 Å². The molecule has 2 nitrogen and oxygen atoms in total. The summed E-state index contributed by atoms with van der Waals surface area (Å²) < 4.78 is 6.17. The van der Waals surface area contributed by atoms with Gasteiger partial charge in [-0.1, -0.05) is 64.3 Å². The summed E-state index contributed by atoms with van der Waals surface area (Å²) in [6, 6.07) is 9.34. The SMILES string of the molecule is CCNC(COC1CCCCC1)c1ccc(C(C)C)cc1. The highest BCUT2D eigenvalue weighted by Gasteiger charge is 2.17. The molecule has 0 amide bonds. The number of likely N-dealkylation sites (N-methyl/N-ethyl adjacent to an activating group) is 1. The van der Waals surface area contributed by atoms with Crippen LogP contribution in [-0.2, 0) is 4.74 Å². The fourth-order valence-electron chi connectivity index (χ4n) is 3.10. The van der Waals surface area contributed by atoms with Gasteiger partial charge in [-0.3, -0.25) is 0 Å². The van der Waals surface area contributed by atoms with Crippen LogP contribution in [0.2, 0.25) is 0 Å². The Morgan fingerprint density at radius 1 is 1.05 bits per heavy atom. The quantitative estimate of drug-likeness (QED) is 0.777. The zero-order chi connectivity index (χ0) is 15.1. The summed E-state index contributed by atoms with van der Waals surface area (Å²) in [5, 5.41) is 3.56. The number of nitrogens with one attached hydrogen (secondary N) is 1. The minimum atomic E-state index is 0.318. The van der Waals surface area contributed by atoms with Gasteiger partial charge in [-0.05, 0) is 36.4 Å².